The van der Waals surface area contributed by atoms with E-state index in [0.717, 1.165) is 24.3 Å². The van der Waals surface area contributed by atoms with E-state index in [0.29, 0.717) is 37.6 Å². The Morgan fingerprint density at radius 1 is 0.800 bits per heavy atom. The predicted molar refractivity (Wildman–Crippen MR) is 93.0 cm³/mol. The van der Waals surface area contributed by atoms with Crippen molar-refractivity contribution in [2.45, 2.75) is 25.7 Å². The van der Waals surface area contributed by atoms with Gasteiger partial charge in [0.25, 0.3) is 0 Å². The van der Waals surface area contributed by atoms with Gasteiger partial charge in [0, 0.05) is 35.9 Å². The van der Waals surface area contributed by atoms with Gasteiger partial charge < -0.3 is 9.47 Å². The summed E-state index contributed by atoms with van der Waals surface area (Å²) in [5.74, 6) is 2.63. The number of hydrogen-bond donors (Lipinski definition) is 2. The summed E-state index contributed by atoms with van der Waals surface area (Å²) in [5.41, 5.74) is 0. The molecule has 0 unspecified atom stereocenters. The molecule has 0 bridgehead atoms. The van der Waals surface area contributed by atoms with Crippen LogP contribution in [0.3, 0.4) is 0 Å². The van der Waals surface area contributed by atoms with E-state index in [-0.39, 0.29) is 11.9 Å². The Kier molecular flexibility index (Phi) is 16.0. The van der Waals surface area contributed by atoms with Crippen LogP contribution in [0.5, 0.6) is 0 Å². The molecule has 4 nitrogen and oxygen atoms in total. The second-order valence-electron chi connectivity index (χ2n) is 3.74. The van der Waals surface area contributed by atoms with Crippen molar-refractivity contribution in [2.75, 3.05) is 36.2 Å². The molecule has 0 aliphatic rings. The molecule has 8 heteroatoms. The monoisotopic (exact) mass is 358 g/mol. The van der Waals surface area contributed by atoms with Crippen LogP contribution in [0.25, 0.3) is 0 Å². The highest BCUT2D eigenvalue weighted by atomic mass is 33.1. The molecule has 0 aromatic heterocycles. The highest BCUT2D eigenvalue weighted by Gasteiger charge is 2.03. The molecule has 0 amide bonds. The third-order valence-electron chi connectivity index (χ3n) is 2.01. The lowest BCUT2D eigenvalue weighted by Gasteiger charge is -2.03. The van der Waals surface area contributed by atoms with Gasteiger partial charge in [0.15, 0.2) is 0 Å². The van der Waals surface area contributed by atoms with Gasteiger partial charge >= 0.3 is 11.9 Å². The smallest absolute Gasteiger partial charge is 0.305 e. The number of ether oxygens (including phenoxy) is 2. The summed E-state index contributed by atoms with van der Waals surface area (Å²) in [6.45, 7) is 0.764. The zero-order chi connectivity index (χ0) is 15.1. The van der Waals surface area contributed by atoms with Crippen LogP contribution >= 0.6 is 46.8 Å². The predicted octanol–water partition coefficient (Wildman–Crippen LogP) is 2.87. The first kappa shape index (κ1) is 20.3. The zero-order valence-electron chi connectivity index (χ0n) is 11.4. The molecule has 0 fully saturated rings. The number of carbonyl (C=O) groups is 2. The summed E-state index contributed by atoms with van der Waals surface area (Å²) in [6.07, 6.45) is 2.54. The lowest BCUT2D eigenvalue weighted by Crippen LogP contribution is -2.06. The van der Waals surface area contributed by atoms with E-state index in [1.807, 2.05) is 0 Å². The molecule has 0 aromatic carbocycles. The topological polar surface area (TPSA) is 52.6 Å². The molecule has 0 N–H and O–H groups in total. The Hall–Kier alpha value is 0.340. The summed E-state index contributed by atoms with van der Waals surface area (Å²) in [4.78, 5) is 22.3. The number of carbonyl (C=O) groups excluding carboxylic acids is 2. The summed E-state index contributed by atoms with van der Waals surface area (Å²) < 4.78 is 9.81. The molecule has 118 valence electrons. The molecule has 0 aliphatic carbocycles. The minimum atomic E-state index is -0.156. The maximum atomic E-state index is 11.2. The first-order chi connectivity index (χ1) is 9.70. The molecular weight excluding hydrogens is 336 g/mol. The van der Waals surface area contributed by atoms with Gasteiger partial charge in [-0.2, -0.15) is 25.3 Å². The average Bonchev–Trinajstić information content (AvgIpc) is 2.45. The number of esters is 2. The third kappa shape index (κ3) is 14.7. The summed E-state index contributed by atoms with van der Waals surface area (Å²) >= 11 is 7.93. The Morgan fingerprint density at radius 3 is 1.55 bits per heavy atom. The fraction of sp³-hybridized carbons (Fsp3) is 0.833. The van der Waals surface area contributed by atoms with Crippen molar-refractivity contribution >= 4 is 58.8 Å². The SMILES string of the molecule is O=C(CCCSSCCCC(=O)OCCS)OCCS. The van der Waals surface area contributed by atoms with Crippen molar-refractivity contribution in [1.82, 2.24) is 0 Å². The van der Waals surface area contributed by atoms with Crippen LogP contribution < -0.4 is 0 Å². The van der Waals surface area contributed by atoms with Crippen LogP contribution in [0.1, 0.15) is 25.7 Å². The summed E-state index contributed by atoms with van der Waals surface area (Å²) in [5, 5.41) is 0. The van der Waals surface area contributed by atoms with Crippen molar-refractivity contribution in [3.05, 3.63) is 0 Å². The Balaban J connectivity index is 3.20. The number of rotatable bonds is 13. The second-order valence-corrected chi connectivity index (χ2v) is 7.34. The molecule has 0 heterocycles. The highest BCUT2D eigenvalue weighted by Crippen LogP contribution is 2.23. The van der Waals surface area contributed by atoms with Gasteiger partial charge in [-0.05, 0) is 12.8 Å². The molecule has 0 rings (SSSR count). The van der Waals surface area contributed by atoms with E-state index in [1.165, 1.54) is 0 Å². The van der Waals surface area contributed by atoms with Crippen LogP contribution in [0.4, 0.5) is 0 Å². The Labute approximate surface area is 139 Å². The minimum Gasteiger partial charge on any atom is -0.465 e. The van der Waals surface area contributed by atoms with Gasteiger partial charge in [-0.15, -0.1) is 0 Å². The van der Waals surface area contributed by atoms with Gasteiger partial charge in [0.1, 0.15) is 13.2 Å². The van der Waals surface area contributed by atoms with Crippen molar-refractivity contribution < 1.29 is 19.1 Å². The molecule has 0 saturated carbocycles. The van der Waals surface area contributed by atoms with Crippen molar-refractivity contribution in [1.29, 1.82) is 0 Å². The van der Waals surface area contributed by atoms with Gasteiger partial charge in [-0.25, -0.2) is 0 Å². The molecule has 0 saturated heterocycles. The third-order valence-corrected chi connectivity index (χ3v) is 4.95. The van der Waals surface area contributed by atoms with Crippen LogP contribution in [-0.4, -0.2) is 48.2 Å². The minimum absolute atomic E-state index is 0.156. The van der Waals surface area contributed by atoms with Gasteiger partial charge in [-0.3, -0.25) is 9.59 Å². The van der Waals surface area contributed by atoms with E-state index in [2.05, 4.69) is 25.3 Å². The lowest BCUT2D eigenvalue weighted by atomic mass is 10.3. The molecule has 20 heavy (non-hydrogen) atoms. The van der Waals surface area contributed by atoms with Crippen molar-refractivity contribution in [3.8, 4) is 0 Å². The van der Waals surface area contributed by atoms with E-state index in [4.69, 9.17) is 9.47 Å². The van der Waals surface area contributed by atoms with Crippen LogP contribution in [0, 0.1) is 0 Å². The normalized spacial score (nSPS) is 10.3. The maximum absolute atomic E-state index is 11.2. The molecular formula is C12H22O4S4. The zero-order valence-corrected chi connectivity index (χ0v) is 14.8. The molecule has 0 aliphatic heterocycles. The van der Waals surface area contributed by atoms with E-state index < -0.39 is 0 Å². The van der Waals surface area contributed by atoms with Crippen LogP contribution in [0.2, 0.25) is 0 Å². The fourth-order valence-electron chi connectivity index (χ4n) is 1.13. The van der Waals surface area contributed by atoms with Gasteiger partial charge in [-0.1, -0.05) is 21.6 Å². The Bertz CT molecular complexity index is 238. The van der Waals surface area contributed by atoms with Gasteiger partial charge in [0.05, 0.1) is 0 Å². The quantitative estimate of drug-likeness (QED) is 0.228. The van der Waals surface area contributed by atoms with E-state index >= 15 is 0 Å². The van der Waals surface area contributed by atoms with Crippen LogP contribution in [-0.2, 0) is 19.1 Å². The average molecular weight is 359 g/mol. The second kappa shape index (κ2) is 15.7. The standard InChI is InChI=1S/C12H22O4S4/c13-11(15-5-7-17)3-1-9-19-20-10-2-4-12(14)16-6-8-18/h17-18H,1-10H2. The largest absolute Gasteiger partial charge is 0.465 e. The molecule has 0 radical (unpaired) electrons. The maximum Gasteiger partial charge on any atom is 0.305 e. The van der Waals surface area contributed by atoms with Crippen molar-refractivity contribution in [2.24, 2.45) is 0 Å². The number of hydrogen-bond acceptors (Lipinski definition) is 8. The molecule has 0 aromatic rings. The van der Waals surface area contributed by atoms with E-state index in [9.17, 15) is 9.59 Å². The van der Waals surface area contributed by atoms with Gasteiger partial charge in [0.2, 0.25) is 0 Å². The van der Waals surface area contributed by atoms with Crippen molar-refractivity contribution in [3.63, 3.8) is 0 Å². The van der Waals surface area contributed by atoms with Crippen LogP contribution in [0.15, 0.2) is 0 Å². The Morgan fingerprint density at radius 2 is 1.20 bits per heavy atom. The van der Waals surface area contributed by atoms with E-state index in [1.54, 1.807) is 21.6 Å². The number of thiol groups is 2. The lowest BCUT2D eigenvalue weighted by molar-refractivity contribution is -0.143. The molecule has 0 spiro atoms. The first-order valence-corrected chi connectivity index (χ1v) is 10.2. The summed E-state index contributed by atoms with van der Waals surface area (Å²) in [7, 11) is 3.44. The summed E-state index contributed by atoms with van der Waals surface area (Å²) in [6, 6.07) is 0. The first-order valence-electron chi connectivity index (χ1n) is 6.48. The highest BCUT2D eigenvalue weighted by molar-refractivity contribution is 8.76. The fourth-order valence-corrected chi connectivity index (χ4v) is 3.49. The molecule has 0 atom stereocenters.